The van der Waals surface area contributed by atoms with Crippen LogP contribution in [0.25, 0.3) is 22.1 Å². The van der Waals surface area contributed by atoms with Gasteiger partial charge in [0.15, 0.2) is 5.82 Å². The Morgan fingerprint density at radius 3 is 2.78 bits per heavy atom. The molecule has 0 spiro atoms. The Bertz CT molecular complexity index is 1610. The van der Waals surface area contributed by atoms with Crippen molar-refractivity contribution in [2.75, 3.05) is 16.8 Å². The van der Waals surface area contributed by atoms with Crippen molar-refractivity contribution in [3.05, 3.63) is 60.8 Å². The minimum atomic E-state index is 0.557. The zero-order valence-corrected chi connectivity index (χ0v) is 20.2. The third-order valence-electron chi connectivity index (χ3n) is 7.39. The van der Waals surface area contributed by atoms with Crippen molar-refractivity contribution in [1.82, 2.24) is 29.5 Å². The highest BCUT2D eigenvalue weighted by Crippen LogP contribution is 2.39. The third-order valence-corrected chi connectivity index (χ3v) is 7.39. The van der Waals surface area contributed by atoms with E-state index in [0.717, 1.165) is 63.2 Å². The summed E-state index contributed by atoms with van der Waals surface area (Å²) in [6.45, 7) is 3.07. The van der Waals surface area contributed by atoms with Crippen LogP contribution in [-0.2, 0) is 7.05 Å². The molecule has 1 aliphatic carbocycles. The predicted molar refractivity (Wildman–Crippen MR) is 139 cm³/mol. The van der Waals surface area contributed by atoms with Crippen molar-refractivity contribution in [1.29, 1.82) is 0 Å². The van der Waals surface area contributed by atoms with Crippen molar-refractivity contribution in [3.8, 4) is 11.5 Å². The minimum Gasteiger partial charge on any atom is -0.457 e. The van der Waals surface area contributed by atoms with E-state index < -0.39 is 0 Å². The van der Waals surface area contributed by atoms with Crippen LogP contribution in [0.15, 0.2) is 55.2 Å². The molecule has 1 saturated carbocycles. The van der Waals surface area contributed by atoms with E-state index in [-0.39, 0.29) is 0 Å². The summed E-state index contributed by atoms with van der Waals surface area (Å²) in [5.41, 5.74) is 5.34. The van der Waals surface area contributed by atoms with Gasteiger partial charge in [0, 0.05) is 31.4 Å². The van der Waals surface area contributed by atoms with Crippen LogP contribution in [0.2, 0.25) is 0 Å². The molecule has 0 radical (unpaired) electrons. The topological polar surface area (TPSA) is 93.9 Å². The first kappa shape index (κ1) is 21.0. The van der Waals surface area contributed by atoms with Gasteiger partial charge < -0.3 is 19.5 Å². The summed E-state index contributed by atoms with van der Waals surface area (Å²) < 4.78 is 8.16. The maximum Gasteiger partial charge on any atom is 0.226 e. The van der Waals surface area contributed by atoms with Gasteiger partial charge in [0.2, 0.25) is 5.95 Å². The van der Waals surface area contributed by atoms with Gasteiger partial charge in [-0.05, 0) is 68.0 Å². The number of anilines is 3. The third kappa shape index (κ3) is 3.59. The second kappa shape index (κ2) is 8.15. The average molecular weight is 479 g/mol. The lowest BCUT2D eigenvalue weighted by Crippen LogP contribution is -2.33. The van der Waals surface area contributed by atoms with Crippen LogP contribution in [-0.4, -0.2) is 42.1 Å². The lowest BCUT2D eigenvalue weighted by Gasteiger charge is -2.26. The first-order chi connectivity index (χ1) is 17.6. The number of aromatic nitrogens is 6. The summed E-state index contributed by atoms with van der Waals surface area (Å²) in [5, 5.41) is 3.43. The summed E-state index contributed by atoms with van der Waals surface area (Å²) in [6, 6.07) is 12.5. The van der Waals surface area contributed by atoms with Crippen LogP contribution >= 0.6 is 0 Å². The summed E-state index contributed by atoms with van der Waals surface area (Å²) >= 11 is 0. The highest BCUT2D eigenvalue weighted by Gasteiger charge is 2.39. The molecule has 180 valence electrons. The Balaban J connectivity index is 1.15. The van der Waals surface area contributed by atoms with E-state index in [0.29, 0.717) is 11.9 Å². The summed E-state index contributed by atoms with van der Waals surface area (Å²) in [4.78, 5) is 25.2. The van der Waals surface area contributed by atoms with Crippen molar-refractivity contribution >= 4 is 39.5 Å². The van der Waals surface area contributed by atoms with E-state index in [4.69, 9.17) is 9.72 Å². The van der Waals surface area contributed by atoms with Gasteiger partial charge in [-0.2, -0.15) is 0 Å². The first-order valence-corrected chi connectivity index (χ1v) is 12.3. The van der Waals surface area contributed by atoms with Crippen LogP contribution < -0.4 is 15.0 Å². The molecule has 2 aliphatic rings. The largest absolute Gasteiger partial charge is 0.457 e. The predicted octanol–water partition coefficient (Wildman–Crippen LogP) is 5.14. The van der Waals surface area contributed by atoms with Gasteiger partial charge in [0.25, 0.3) is 0 Å². The maximum atomic E-state index is 6.17. The number of rotatable bonds is 5. The van der Waals surface area contributed by atoms with E-state index in [2.05, 4.69) is 30.2 Å². The molecule has 5 aromatic rings. The average Bonchev–Trinajstić information content (AvgIpc) is 3.62. The zero-order chi connectivity index (χ0) is 24.2. The normalized spacial score (nSPS) is 18.9. The molecule has 1 aliphatic heterocycles. The van der Waals surface area contributed by atoms with Gasteiger partial charge in [0.05, 0.1) is 23.6 Å². The maximum absolute atomic E-state index is 6.17. The molecule has 0 unspecified atom stereocenters. The van der Waals surface area contributed by atoms with Gasteiger partial charge in [-0.15, -0.1) is 0 Å². The van der Waals surface area contributed by atoms with Crippen molar-refractivity contribution in [2.45, 2.75) is 32.2 Å². The molecule has 9 nitrogen and oxygen atoms in total. The van der Waals surface area contributed by atoms with Crippen molar-refractivity contribution in [3.63, 3.8) is 0 Å². The minimum absolute atomic E-state index is 0.557. The molecule has 4 heterocycles. The number of hydrogen-bond donors (Lipinski definition) is 1. The van der Waals surface area contributed by atoms with E-state index in [1.807, 2.05) is 54.9 Å². The number of fused-ring (bicyclic) bond motifs is 4. The molecule has 36 heavy (non-hydrogen) atoms. The molecule has 0 amide bonds. The Morgan fingerprint density at radius 2 is 1.94 bits per heavy atom. The van der Waals surface area contributed by atoms with Crippen LogP contribution in [0, 0.1) is 12.8 Å². The Kier molecular flexibility index (Phi) is 4.77. The zero-order valence-electron chi connectivity index (χ0n) is 20.2. The van der Waals surface area contributed by atoms with E-state index in [1.165, 1.54) is 19.3 Å². The first-order valence-electron chi connectivity index (χ1n) is 12.3. The van der Waals surface area contributed by atoms with Gasteiger partial charge in [-0.3, -0.25) is 0 Å². The van der Waals surface area contributed by atoms with Gasteiger partial charge in [0.1, 0.15) is 28.9 Å². The van der Waals surface area contributed by atoms with E-state index in [9.17, 15) is 0 Å². The number of benzene rings is 2. The SMILES string of the molecule is Cc1cc(Nc2ncnc3cnc(N4C[C@@H]5CC[C@H]4C5)nc23)ccc1Oc1ccc2c(c1)ncn2C. The lowest BCUT2D eigenvalue weighted by atomic mass is 10.1. The van der Waals surface area contributed by atoms with Crippen LogP contribution in [0.1, 0.15) is 24.8 Å². The highest BCUT2D eigenvalue weighted by molar-refractivity contribution is 5.87. The number of aryl methyl sites for hydroxylation is 2. The molecular formula is C27H26N8O. The molecule has 7 rings (SSSR count). The Morgan fingerprint density at radius 1 is 1.00 bits per heavy atom. The monoisotopic (exact) mass is 478 g/mol. The highest BCUT2D eigenvalue weighted by atomic mass is 16.5. The van der Waals surface area contributed by atoms with Crippen LogP contribution in [0.4, 0.5) is 17.5 Å². The molecule has 2 bridgehead atoms. The molecular weight excluding hydrogens is 452 g/mol. The summed E-state index contributed by atoms with van der Waals surface area (Å²) in [5.74, 6) is 3.76. The molecule has 2 fully saturated rings. The van der Waals surface area contributed by atoms with Crippen LogP contribution in [0.5, 0.6) is 11.5 Å². The molecule has 2 atom stereocenters. The number of imidazole rings is 1. The smallest absolute Gasteiger partial charge is 0.226 e. The number of nitrogens with zero attached hydrogens (tertiary/aromatic N) is 7. The molecule has 1 N–H and O–H groups in total. The number of nitrogens with one attached hydrogen (secondary N) is 1. The number of ether oxygens (including phenoxy) is 1. The molecule has 2 aromatic carbocycles. The van der Waals surface area contributed by atoms with Gasteiger partial charge >= 0.3 is 0 Å². The second-order valence-corrected chi connectivity index (χ2v) is 9.82. The van der Waals surface area contributed by atoms with E-state index in [1.54, 1.807) is 18.9 Å². The van der Waals surface area contributed by atoms with Gasteiger partial charge in [-0.1, -0.05) is 0 Å². The van der Waals surface area contributed by atoms with E-state index >= 15 is 0 Å². The fourth-order valence-corrected chi connectivity index (χ4v) is 5.53. The lowest BCUT2D eigenvalue weighted by molar-refractivity contribution is 0.479. The number of piperidine rings is 1. The molecule has 3 aromatic heterocycles. The van der Waals surface area contributed by atoms with Crippen LogP contribution in [0.3, 0.4) is 0 Å². The Hall–Kier alpha value is -4.27. The molecule has 1 saturated heterocycles. The Labute approximate surface area is 208 Å². The summed E-state index contributed by atoms with van der Waals surface area (Å²) in [6.07, 6.45) is 8.95. The quantitative estimate of drug-likeness (QED) is 0.371. The summed E-state index contributed by atoms with van der Waals surface area (Å²) in [7, 11) is 1.98. The standard InChI is InChI=1S/C27H26N8O/c1-16-9-18(4-8-24(16)36-20-6-7-23-21(11-20)31-15-34(23)2)32-26-25-22(29-14-30-26)12-28-27(33-25)35-13-17-3-5-19(35)10-17/h4,6-9,11-12,14-15,17,19H,3,5,10,13H2,1-2H3,(H,29,30,32)/t17-,19+/m1/s1. The van der Waals surface area contributed by atoms with Crippen molar-refractivity contribution < 1.29 is 4.74 Å². The fraction of sp³-hybridized carbons (Fsp3) is 0.296. The fourth-order valence-electron chi connectivity index (χ4n) is 5.53. The number of hydrogen-bond acceptors (Lipinski definition) is 8. The van der Waals surface area contributed by atoms with Crippen molar-refractivity contribution in [2.24, 2.45) is 13.0 Å². The molecule has 9 heteroatoms. The second-order valence-electron chi connectivity index (χ2n) is 9.82. The van der Waals surface area contributed by atoms with Gasteiger partial charge in [-0.25, -0.2) is 24.9 Å².